The van der Waals surface area contributed by atoms with Gasteiger partial charge in [-0.3, -0.25) is 9.59 Å². The van der Waals surface area contributed by atoms with Gasteiger partial charge in [0.1, 0.15) is 11.8 Å². The molecule has 6 heteroatoms. The monoisotopic (exact) mass is 416 g/mol. The number of benzene rings is 2. The molecule has 0 saturated heterocycles. The average molecular weight is 417 g/mol. The topological polar surface area (TPSA) is 58.6 Å². The van der Waals surface area contributed by atoms with Gasteiger partial charge in [0.15, 0.2) is 0 Å². The molecule has 0 aliphatic rings. The van der Waals surface area contributed by atoms with Crippen LogP contribution in [0.25, 0.3) is 0 Å². The number of nitrogens with zero attached hydrogens (tertiary/aromatic N) is 1. The third kappa shape index (κ3) is 7.09. The Labute approximate surface area is 178 Å². The number of halogens is 1. The summed E-state index contributed by atoms with van der Waals surface area (Å²) in [5.41, 5.74) is 1.75. The standard InChI is InChI=1S/C23H29ClN2O3/c1-4-5-13-25-23(28)17(2)26(16-18-9-11-21(29-3)12-10-18)22(27)15-19-7-6-8-20(24)14-19/h6-12,14,17H,4-5,13,15-16H2,1-3H3,(H,25,28)/t17-/m1/s1. The molecule has 1 N–H and O–H groups in total. The Morgan fingerprint density at radius 1 is 1.14 bits per heavy atom. The highest BCUT2D eigenvalue weighted by atomic mass is 35.5. The first-order valence-electron chi connectivity index (χ1n) is 9.89. The number of rotatable bonds is 10. The predicted molar refractivity (Wildman–Crippen MR) is 116 cm³/mol. The molecule has 2 amide bonds. The maximum atomic E-state index is 13.1. The lowest BCUT2D eigenvalue weighted by molar-refractivity contribution is -0.140. The van der Waals surface area contributed by atoms with E-state index < -0.39 is 6.04 Å². The van der Waals surface area contributed by atoms with Crippen molar-refractivity contribution in [3.8, 4) is 5.75 Å². The third-order valence-electron chi connectivity index (χ3n) is 4.75. The first-order valence-corrected chi connectivity index (χ1v) is 10.3. The van der Waals surface area contributed by atoms with E-state index in [-0.39, 0.29) is 18.2 Å². The first kappa shape index (κ1) is 22.8. The van der Waals surface area contributed by atoms with Crippen LogP contribution in [0.5, 0.6) is 5.75 Å². The summed E-state index contributed by atoms with van der Waals surface area (Å²) in [6.45, 7) is 4.78. The minimum atomic E-state index is -0.583. The maximum absolute atomic E-state index is 13.1. The summed E-state index contributed by atoms with van der Waals surface area (Å²) >= 11 is 6.05. The van der Waals surface area contributed by atoms with E-state index in [0.717, 1.165) is 29.7 Å². The number of unbranched alkanes of at least 4 members (excludes halogenated alkanes) is 1. The fraction of sp³-hybridized carbons (Fsp3) is 0.391. The highest BCUT2D eigenvalue weighted by Gasteiger charge is 2.26. The van der Waals surface area contributed by atoms with Crippen LogP contribution in [0.1, 0.15) is 37.8 Å². The van der Waals surface area contributed by atoms with Gasteiger partial charge in [-0.2, -0.15) is 0 Å². The zero-order valence-corrected chi connectivity index (χ0v) is 18.0. The van der Waals surface area contributed by atoms with Crippen LogP contribution in [0.2, 0.25) is 5.02 Å². The van der Waals surface area contributed by atoms with Gasteiger partial charge in [0, 0.05) is 18.1 Å². The Balaban J connectivity index is 2.18. The van der Waals surface area contributed by atoms with Crippen molar-refractivity contribution in [3.05, 3.63) is 64.7 Å². The van der Waals surface area contributed by atoms with E-state index in [2.05, 4.69) is 12.2 Å². The molecule has 2 aromatic carbocycles. The molecule has 0 heterocycles. The first-order chi connectivity index (χ1) is 13.9. The second-order valence-electron chi connectivity index (χ2n) is 7.00. The van der Waals surface area contributed by atoms with Crippen molar-refractivity contribution in [3.63, 3.8) is 0 Å². The second kappa shape index (κ2) is 11.5. The summed E-state index contributed by atoms with van der Waals surface area (Å²) in [5.74, 6) is 0.476. The fourth-order valence-electron chi connectivity index (χ4n) is 2.97. The van der Waals surface area contributed by atoms with Crippen molar-refractivity contribution < 1.29 is 14.3 Å². The molecule has 0 bridgehead atoms. The lowest BCUT2D eigenvalue weighted by Gasteiger charge is -2.29. The number of ether oxygens (including phenoxy) is 1. The highest BCUT2D eigenvalue weighted by molar-refractivity contribution is 6.30. The van der Waals surface area contributed by atoms with Gasteiger partial charge in [-0.05, 0) is 48.7 Å². The largest absolute Gasteiger partial charge is 0.497 e. The third-order valence-corrected chi connectivity index (χ3v) is 4.99. The minimum Gasteiger partial charge on any atom is -0.497 e. The molecule has 29 heavy (non-hydrogen) atoms. The molecule has 156 valence electrons. The van der Waals surface area contributed by atoms with E-state index in [4.69, 9.17) is 16.3 Å². The van der Waals surface area contributed by atoms with Crippen molar-refractivity contribution in [2.75, 3.05) is 13.7 Å². The number of carbonyl (C=O) groups is 2. The molecule has 0 aliphatic carbocycles. The maximum Gasteiger partial charge on any atom is 0.242 e. The molecule has 0 fully saturated rings. The van der Waals surface area contributed by atoms with Crippen LogP contribution in [0.3, 0.4) is 0 Å². The van der Waals surface area contributed by atoms with Crippen LogP contribution in [-0.2, 0) is 22.6 Å². The lowest BCUT2D eigenvalue weighted by atomic mass is 10.1. The fourth-order valence-corrected chi connectivity index (χ4v) is 3.18. The van der Waals surface area contributed by atoms with Gasteiger partial charge >= 0.3 is 0 Å². The number of carbonyl (C=O) groups excluding carboxylic acids is 2. The zero-order valence-electron chi connectivity index (χ0n) is 17.3. The summed E-state index contributed by atoms with van der Waals surface area (Å²) in [6.07, 6.45) is 2.09. The number of methoxy groups -OCH3 is 1. The van der Waals surface area contributed by atoms with Gasteiger partial charge in [0.25, 0.3) is 0 Å². The summed E-state index contributed by atoms with van der Waals surface area (Å²) in [5, 5.41) is 3.51. The quantitative estimate of drug-likeness (QED) is 0.590. The Kier molecular flexibility index (Phi) is 9.00. The molecular weight excluding hydrogens is 388 g/mol. The van der Waals surface area contributed by atoms with Crippen LogP contribution in [-0.4, -0.2) is 36.4 Å². The molecule has 2 aromatic rings. The Bertz CT molecular complexity index is 808. The number of amides is 2. The molecule has 5 nitrogen and oxygen atoms in total. The number of hydrogen-bond donors (Lipinski definition) is 1. The van der Waals surface area contributed by atoms with Gasteiger partial charge < -0.3 is 15.0 Å². The van der Waals surface area contributed by atoms with Gasteiger partial charge in [0.2, 0.25) is 11.8 Å². The molecule has 2 rings (SSSR count). The zero-order chi connectivity index (χ0) is 21.2. The van der Waals surface area contributed by atoms with Gasteiger partial charge in [-0.25, -0.2) is 0 Å². The normalized spacial score (nSPS) is 11.6. The van der Waals surface area contributed by atoms with Crippen molar-refractivity contribution in [1.29, 1.82) is 0 Å². The summed E-state index contributed by atoms with van der Waals surface area (Å²) in [4.78, 5) is 27.3. The van der Waals surface area contributed by atoms with E-state index in [9.17, 15) is 9.59 Å². The number of nitrogens with one attached hydrogen (secondary N) is 1. The highest BCUT2D eigenvalue weighted by Crippen LogP contribution is 2.17. The molecule has 0 spiro atoms. The molecule has 0 unspecified atom stereocenters. The van der Waals surface area contributed by atoms with Crippen molar-refractivity contribution in [2.24, 2.45) is 0 Å². The van der Waals surface area contributed by atoms with Crippen molar-refractivity contribution in [2.45, 2.75) is 45.7 Å². The average Bonchev–Trinajstić information content (AvgIpc) is 2.72. The van der Waals surface area contributed by atoms with Gasteiger partial charge in [-0.1, -0.05) is 49.2 Å². The van der Waals surface area contributed by atoms with Crippen LogP contribution >= 0.6 is 11.6 Å². The van der Waals surface area contributed by atoms with E-state index >= 15 is 0 Å². The van der Waals surface area contributed by atoms with Crippen LogP contribution in [0.4, 0.5) is 0 Å². The Morgan fingerprint density at radius 2 is 1.86 bits per heavy atom. The summed E-state index contributed by atoms with van der Waals surface area (Å²) < 4.78 is 5.20. The Morgan fingerprint density at radius 3 is 2.48 bits per heavy atom. The molecule has 1 atom stereocenters. The second-order valence-corrected chi connectivity index (χ2v) is 7.43. The van der Waals surface area contributed by atoms with Crippen LogP contribution in [0, 0.1) is 0 Å². The lowest BCUT2D eigenvalue weighted by Crippen LogP contribution is -2.48. The van der Waals surface area contributed by atoms with E-state index in [1.807, 2.05) is 36.4 Å². The SMILES string of the molecule is CCCCNC(=O)[C@@H](C)N(Cc1ccc(OC)cc1)C(=O)Cc1cccc(Cl)c1. The molecule has 0 aromatic heterocycles. The molecule has 0 aliphatic heterocycles. The van der Waals surface area contributed by atoms with Crippen molar-refractivity contribution >= 4 is 23.4 Å². The van der Waals surface area contributed by atoms with Crippen LogP contribution < -0.4 is 10.1 Å². The van der Waals surface area contributed by atoms with E-state index in [1.165, 1.54) is 0 Å². The van der Waals surface area contributed by atoms with Gasteiger partial charge in [-0.15, -0.1) is 0 Å². The summed E-state index contributed by atoms with van der Waals surface area (Å²) in [7, 11) is 1.61. The van der Waals surface area contributed by atoms with Crippen molar-refractivity contribution in [1.82, 2.24) is 10.2 Å². The number of hydrogen-bond acceptors (Lipinski definition) is 3. The summed E-state index contributed by atoms with van der Waals surface area (Å²) in [6, 6.07) is 14.1. The minimum absolute atomic E-state index is 0.124. The smallest absolute Gasteiger partial charge is 0.242 e. The molecule has 0 radical (unpaired) electrons. The van der Waals surface area contributed by atoms with E-state index in [1.54, 1.807) is 31.1 Å². The van der Waals surface area contributed by atoms with Gasteiger partial charge in [0.05, 0.1) is 13.5 Å². The molecular formula is C23H29ClN2O3. The molecule has 0 saturated carbocycles. The Hall–Kier alpha value is -2.53. The predicted octanol–water partition coefficient (Wildman–Crippen LogP) is 4.22. The van der Waals surface area contributed by atoms with Crippen LogP contribution in [0.15, 0.2) is 48.5 Å². The van der Waals surface area contributed by atoms with E-state index in [0.29, 0.717) is 18.1 Å².